The Bertz CT molecular complexity index is 124. The molecule has 9 heavy (non-hydrogen) atoms. The Morgan fingerprint density at radius 1 is 1.56 bits per heavy atom. The molecule has 6 nitrogen and oxygen atoms in total. The molecule has 0 aromatic rings. The molecule has 0 aliphatic rings. The number of nitrogens with two attached hydrogens (primary N) is 1. The maximum absolute atomic E-state index is 6.80. The quantitative estimate of drug-likeness (QED) is 0.0922. The molecular formula is C2H7N5OS. The highest BCUT2D eigenvalue weighted by Crippen LogP contribution is 1.66. The molecule has 0 aliphatic heterocycles. The van der Waals surface area contributed by atoms with Crippen LogP contribution >= 0.6 is 12.9 Å². The number of guanidine groups is 2. The Labute approximate surface area is 57.3 Å². The van der Waals surface area contributed by atoms with Gasteiger partial charge in [-0.2, -0.15) is 0 Å². The summed E-state index contributed by atoms with van der Waals surface area (Å²) < 4.78 is 4.01. The Morgan fingerprint density at radius 3 is 2.44 bits per heavy atom. The molecule has 0 atom stereocenters. The fourth-order valence-electron chi connectivity index (χ4n) is 0.206. The zero-order valence-corrected chi connectivity index (χ0v) is 5.33. The van der Waals surface area contributed by atoms with Crippen molar-refractivity contribution in [1.29, 1.82) is 10.8 Å². The summed E-state index contributed by atoms with van der Waals surface area (Å²) in [5, 5.41) is 15.5. The standard InChI is InChI=1S/C2H7N5OS/c3-1(4)6-2(5)7-8-9/h9H,(H6,3,4,5,6,7). The van der Waals surface area contributed by atoms with Gasteiger partial charge in [0.2, 0.25) is 5.96 Å². The van der Waals surface area contributed by atoms with Crippen molar-refractivity contribution >= 4 is 24.8 Å². The summed E-state index contributed by atoms with van der Waals surface area (Å²) in [6.45, 7) is 0. The minimum atomic E-state index is -0.335. The van der Waals surface area contributed by atoms with Gasteiger partial charge in [0, 0.05) is 12.9 Å². The van der Waals surface area contributed by atoms with Crippen molar-refractivity contribution < 1.29 is 4.28 Å². The lowest BCUT2D eigenvalue weighted by molar-refractivity contribution is 0.318. The van der Waals surface area contributed by atoms with Gasteiger partial charge in [0.25, 0.3) is 0 Å². The van der Waals surface area contributed by atoms with Gasteiger partial charge in [0.05, 0.1) is 0 Å². The van der Waals surface area contributed by atoms with E-state index < -0.39 is 0 Å². The first-order chi connectivity index (χ1) is 4.16. The molecule has 0 spiro atoms. The lowest BCUT2D eigenvalue weighted by atomic mass is 10.9. The summed E-state index contributed by atoms with van der Waals surface area (Å²) >= 11 is 3.28. The highest BCUT2D eigenvalue weighted by Gasteiger charge is 1.92. The molecular weight excluding hydrogens is 142 g/mol. The van der Waals surface area contributed by atoms with E-state index in [1.165, 1.54) is 0 Å². The van der Waals surface area contributed by atoms with Crippen molar-refractivity contribution in [2.45, 2.75) is 0 Å². The first kappa shape index (κ1) is 8.05. The van der Waals surface area contributed by atoms with Crippen LogP contribution < -0.4 is 16.5 Å². The zero-order chi connectivity index (χ0) is 7.28. The maximum atomic E-state index is 6.80. The molecule has 0 aromatic heterocycles. The summed E-state index contributed by atoms with van der Waals surface area (Å²) in [5.41, 5.74) is 6.83. The number of hydroxylamine groups is 1. The van der Waals surface area contributed by atoms with Crippen molar-refractivity contribution in [2.24, 2.45) is 5.73 Å². The highest BCUT2D eigenvalue weighted by atomic mass is 32.1. The molecule has 0 amide bonds. The molecule has 0 unspecified atom stereocenters. The van der Waals surface area contributed by atoms with Gasteiger partial charge >= 0.3 is 0 Å². The van der Waals surface area contributed by atoms with Crippen LogP contribution in [0.4, 0.5) is 0 Å². The Kier molecular flexibility index (Phi) is 3.56. The first-order valence-electron chi connectivity index (χ1n) is 1.93. The van der Waals surface area contributed by atoms with Gasteiger partial charge in [0.15, 0.2) is 5.96 Å². The van der Waals surface area contributed by atoms with Crippen molar-refractivity contribution in [1.82, 2.24) is 10.8 Å². The third-order valence-corrected chi connectivity index (χ3v) is 0.499. The van der Waals surface area contributed by atoms with E-state index in [1.54, 1.807) is 0 Å². The number of hydrogen-bond acceptors (Lipinski definition) is 4. The van der Waals surface area contributed by atoms with Gasteiger partial charge in [-0.1, -0.05) is 0 Å². The predicted octanol–water partition coefficient (Wildman–Crippen LogP) is -1.23. The Balaban J connectivity index is 3.39. The van der Waals surface area contributed by atoms with E-state index in [-0.39, 0.29) is 11.9 Å². The normalized spacial score (nSPS) is 8.11. The van der Waals surface area contributed by atoms with E-state index in [2.05, 4.69) is 22.5 Å². The van der Waals surface area contributed by atoms with E-state index in [9.17, 15) is 0 Å². The minimum Gasteiger partial charge on any atom is -0.370 e. The second kappa shape index (κ2) is 3.98. The molecule has 6 N–H and O–H groups in total. The molecule has 0 bridgehead atoms. The monoisotopic (exact) mass is 149 g/mol. The minimum absolute atomic E-state index is 0.238. The molecule has 0 fully saturated rings. The van der Waals surface area contributed by atoms with E-state index in [0.717, 1.165) is 0 Å². The number of hydrogen-bond donors (Lipinski definition) is 6. The van der Waals surface area contributed by atoms with Crippen molar-refractivity contribution in [3.05, 3.63) is 0 Å². The highest BCUT2D eigenvalue weighted by molar-refractivity contribution is 7.75. The van der Waals surface area contributed by atoms with E-state index in [0.29, 0.717) is 0 Å². The molecule has 0 radical (unpaired) electrons. The molecule has 0 aromatic carbocycles. The third kappa shape index (κ3) is 4.91. The average molecular weight is 149 g/mol. The Hall–Kier alpha value is -0.950. The molecule has 52 valence electrons. The molecule has 0 saturated heterocycles. The second-order valence-electron chi connectivity index (χ2n) is 1.11. The molecule has 0 heterocycles. The topological polar surface area (TPSA) is 107 Å². The lowest BCUT2D eigenvalue weighted by Gasteiger charge is -2.03. The van der Waals surface area contributed by atoms with Gasteiger partial charge < -0.3 is 5.73 Å². The molecule has 0 saturated carbocycles. The summed E-state index contributed by atoms with van der Waals surface area (Å²) in [6.07, 6.45) is 0. The van der Waals surface area contributed by atoms with Crippen LogP contribution in [0, 0.1) is 10.8 Å². The van der Waals surface area contributed by atoms with Gasteiger partial charge in [-0.15, -0.1) is 0 Å². The fraction of sp³-hybridized carbons (Fsp3) is 0. The van der Waals surface area contributed by atoms with E-state index in [1.807, 2.05) is 5.48 Å². The predicted molar refractivity (Wildman–Crippen MR) is 36.0 cm³/mol. The summed E-state index contributed by atoms with van der Waals surface area (Å²) in [7, 11) is 0. The first-order valence-corrected chi connectivity index (χ1v) is 2.29. The zero-order valence-electron chi connectivity index (χ0n) is 4.43. The number of rotatable bonds is 1. The number of nitrogens with one attached hydrogen (secondary N) is 4. The third-order valence-electron chi connectivity index (χ3n) is 0.407. The Morgan fingerprint density at radius 2 is 2.11 bits per heavy atom. The molecule has 0 aliphatic carbocycles. The van der Waals surface area contributed by atoms with Crippen LogP contribution in [0.3, 0.4) is 0 Å². The van der Waals surface area contributed by atoms with Gasteiger partial charge in [-0.3, -0.25) is 16.1 Å². The summed E-state index contributed by atoms with van der Waals surface area (Å²) in [4.78, 5) is 0. The van der Waals surface area contributed by atoms with E-state index in [4.69, 9.17) is 16.6 Å². The summed E-state index contributed by atoms with van der Waals surface area (Å²) in [5.74, 6) is -0.574. The largest absolute Gasteiger partial charge is 0.370 e. The molecule has 0 rings (SSSR count). The maximum Gasteiger partial charge on any atom is 0.220 e. The molecule has 7 heteroatoms. The average Bonchev–Trinajstić information content (AvgIpc) is 1.63. The van der Waals surface area contributed by atoms with Crippen LogP contribution in [0.25, 0.3) is 0 Å². The SMILES string of the molecule is N=C(N)NC(=N)NOS. The van der Waals surface area contributed by atoms with Gasteiger partial charge in [-0.25, -0.2) is 9.76 Å². The van der Waals surface area contributed by atoms with Crippen LogP contribution in [-0.2, 0) is 4.28 Å². The summed E-state index contributed by atoms with van der Waals surface area (Å²) in [6, 6.07) is 0. The van der Waals surface area contributed by atoms with Crippen molar-refractivity contribution in [2.75, 3.05) is 0 Å². The lowest BCUT2D eigenvalue weighted by Crippen LogP contribution is -2.42. The van der Waals surface area contributed by atoms with Crippen LogP contribution in [-0.4, -0.2) is 11.9 Å². The van der Waals surface area contributed by atoms with Crippen molar-refractivity contribution in [3.63, 3.8) is 0 Å². The van der Waals surface area contributed by atoms with Crippen LogP contribution in [0.5, 0.6) is 0 Å². The van der Waals surface area contributed by atoms with Crippen molar-refractivity contribution in [3.8, 4) is 0 Å². The van der Waals surface area contributed by atoms with Crippen LogP contribution in [0.1, 0.15) is 0 Å². The smallest absolute Gasteiger partial charge is 0.220 e. The second-order valence-corrected chi connectivity index (χ2v) is 1.29. The van der Waals surface area contributed by atoms with E-state index >= 15 is 0 Å². The van der Waals surface area contributed by atoms with Gasteiger partial charge in [0.1, 0.15) is 0 Å². The van der Waals surface area contributed by atoms with Gasteiger partial charge in [-0.05, 0) is 0 Å². The van der Waals surface area contributed by atoms with Crippen LogP contribution in [0.2, 0.25) is 0 Å². The van der Waals surface area contributed by atoms with Crippen LogP contribution in [0.15, 0.2) is 0 Å². The fourth-order valence-corrected chi connectivity index (χ4v) is 0.297. The number of thiol groups is 1.